The van der Waals surface area contributed by atoms with Crippen LogP contribution in [0, 0.1) is 0 Å². The van der Waals surface area contributed by atoms with Gasteiger partial charge in [-0.2, -0.15) is 5.10 Å². The molecule has 0 bridgehead atoms. The molecule has 0 radical (unpaired) electrons. The van der Waals surface area contributed by atoms with Crippen molar-refractivity contribution in [2.24, 2.45) is 10.8 Å². The fourth-order valence-electron chi connectivity index (χ4n) is 1.83. The molecule has 2 aromatic carbocycles. The number of hydrogen-bond donors (Lipinski definition) is 2. The Morgan fingerprint density at radius 2 is 2.17 bits per heavy atom. The normalized spacial score (nSPS) is 10.6. The molecule has 0 aliphatic rings. The van der Waals surface area contributed by atoms with Gasteiger partial charge in [-0.05, 0) is 45.8 Å². The molecular weight excluding hydrogens is 398 g/mol. The lowest BCUT2D eigenvalue weighted by Gasteiger charge is -2.12. The van der Waals surface area contributed by atoms with Gasteiger partial charge in [0.05, 0.1) is 28.5 Å². The number of amides is 1. The lowest BCUT2D eigenvalue weighted by molar-refractivity contribution is -0.119. The van der Waals surface area contributed by atoms with Crippen LogP contribution in [-0.4, -0.2) is 25.8 Å². The van der Waals surface area contributed by atoms with Gasteiger partial charge in [0.15, 0.2) is 18.1 Å². The fraction of sp³-hybridized carbons (Fsp3) is 0.125. The summed E-state index contributed by atoms with van der Waals surface area (Å²) in [5.74, 6) is 0.274. The summed E-state index contributed by atoms with van der Waals surface area (Å²) in [5.41, 5.74) is 9.40. The van der Waals surface area contributed by atoms with Gasteiger partial charge < -0.3 is 15.2 Å². The first kappa shape index (κ1) is 18.1. The number of methoxy groups -OCH3 is 1. The van der Waals surface area contributed by atoms with E-state index in [2.05, 4.69) is 26.5 Å². The quantitative estimate of drug-likeness (QED) is 0.539. The van der Waals surface area contributed by atoms with Crippen LogP contribution in [0.1, 0.15) is 5.56 Å². The van der Waals surface area contributed by atoms with E-state index in [0.717, 1.165) is 5.56 Å². The number of nitrogens with zero attached hydrogens (tertiary/aromatic N) is 1. The van der Waals surface area contributed by atoms with Crippen molar-refractivity contribution in [2.75, 3.05) is 19.1 Å². The summed E-state index contributed by atoms with van der Waals surface area (Å²) < 4.78 is 11.2. The number of carbonyl (C=O) groups is 1. The van der Waals surface area contributed by atoms with Crippen molar-refractivity contribution in [3.63, 3.8) is 0 Å². The van der Waals surface area contributed by atoms with E-state index in [0.29, 0.717) is 26.7 Å². The van der Waals surface area contributed by atoms with Crippen LogP contribution < -0.4 is 20.6 Å². The second-order valence-corrected chi connectivity index (χ2v) is 5.90. The molecule has 1 amide bonds. The van der Waals surface area contributed by atoms with Crippen molar-refractivity contribution in [1.82, 2.24) is 0 Å². The Balaban J connectivity index is 2.16. The molecule has 24 heavy (non-hydrogen) atoms. The first-order valence-corrected chi connectivity index (χ1v) is 8.00. The number of hydrazone groups is 1. The Kier molecular flexibility index (Phi) is 6.45. The van der Waals surface area contributed by atoms with E-state index in [1.54, 1.807) is 24.4 Å². The van der Waals surface area contributed by atoms with Gasteiger partial charge in [-0.1, -0.05) is 23.7 Å². The summed E-state index contributed by atoms with van der Waals surface area (Å²) in [6.07, 6.45) is 1.61. The largest absolute Gasteiger partial charge is 0.493 e. The van der Waals surface area contributed by atoms with E-state index in [-0.39, 0.29) is 6.61 Å². The van der Waals surface area contributed by atoms with Crippen LogP contribution in [0.5, 0.6) is 11.5 Å². The second-order valence-electron chi connectivity index (χ2n) is 4.64. The summed E-state index contributed by atoms with van der Waals surface area (Å²) in [6, 6.07) is 10.8. The van der Waals surface area contributed by atoms with Gasteiger partial charge in [0, 0.05) is 0 Å². The Morgan fingerprint density at radius 3 is 2.83 bits per heavy atom. The Morgan fingerprint density at radius 1 is 1.42 bits per heavy atom. The Bertz CT molecular complexity index is 768. The molecule has 8 heteroatoms. The van der Waals surface area contributed by atoms with Crippen molar-refractivity contribution in [3.05, 3.63) is 51.5 Å². The summed E-state index contributed by atoms with van der Waals surface area (Å²) in [7, 11) is 1.50. The first-order valence-electron chi connectivity index (χ1n) is 6.83. The fourth-order valence-corrected chi connectivity index (χ4v) is 2.58. The number of para-hydroxylation sites is 1. The molecular formula is C16H15BrClN3O3. The molecule has 0 atom stereocenters. The summed E-state index contributed by atoms with van der Waals surface area (Å²) in [5, 5.41) is 4.72. The second kappa shape index (κ2) is 8.56. The molecule has 2 rings (SSSR count). The van der Waals surface area contributed by atoms with Gasteiger partial charge in [0.2, 0.25) is 0 Å². The number of primary amides is 1. The molecule has 0 spiro atoms. The molecule has 0 fully saturated rings. The number of hydrogen-bond acceptors (Lipinski definition) is 5. The van der Waals surface area contributed by atoms with E-state index < -0.39 is 5.91 Å². The molecule has 0 unspecified atom stereocenters. The number of nitrogens with one attached hydrogen (secondary N) is 1. The van der Waals surface area contributed by atoms with Gasteiger partial charge in [0.25, 0.3) is 5.91 Å². The highest BCUT2D eigenvalue weighted by atomic mass is 79.9. The maximum Gasteiger partial charge on any atom is 0.255 e. The zero-order valence-electron chi connectivity index (χ0n) is 12.8. The smallest absolute Gasteiger partial charge is 0.255 e. The lowest BCUT2D eigenvalue weighted by Crippen LogP contribution is -2.20. The van der Waals surface area contributed by atoms with Crippen molar-refractivity contribution >= 4 is 45.3 Å². The SMILES string of the molecule is COc1cc(/C=N\Nc2ccccc2Cl)cc(Br)c1OCC(N)=O. The number of benzene rings is 2. The molecule has 0 saturated heterocycles. The number of nitrogens with two attached hydrogens (primary N) is 1. The molecule has 2 aromatic rings. The molecule has 0 aromatic heterocycles. The zero-order chi connectivity index (χ0) is 17.5. The highest BCUT2D eigenvalue weighted by molar-refractivity contribution is 9.10. The van der Waals surface area contributed by atoms with E-state index in [1.165, 1.54) is 7.11 Å². The third-order valence-electron chi connectivity index (χ3n) is 2.88. The number of carbonyl (C=O) groups excluding carboxylic acids is 1. The van der Waals surface area contributed by atoms with Gasteiger partial charge in [0.1, 0.15) is 0 Å². The van der Waals surface area contributed by atoms with Gasteiger partial charge >= 0.3 is 0 Å². The Labute approximate surface area is 152 Å². The summed E-state index contributed by atoms with van der Waals surface area (Å²) in [6.45, 7) is -0.240. The van der Waals surface area contributed by atoms with Crippen LogP contribution >= 0.6 is 27.5 Å². The van der Waals surface area contributed by atoms with Crippen molar-refractivity contribution in [1.29, 1.82) is 0 Å². The average molecular weight is 413 g/mol. The minimum Gasteiger partial charge on any atom is -0.493 e. The number of rotatable bonds is 7. The van der Waals surface area contributed by atoms with Crippen LogP contribution in [0.15, 0.2) is 46.0 Å². The predicted molar refractivity (Wildman–Crippen MR) is 98.1 cm³/mol. The molecule has 3 N–H and O–H groups in total. The van der Waals surface area contributed by atoms with E-state index in [1.807, 2.05) is 18.2 Å². The van der Waals surface area contributed by atoms with E-state index >= 15 is 0 Å². The number of halogens is 2. The summed E-state index contributed by atoms with van der Waals surface area (Å²) in [4.78, 5) is 10.9. The highest BCUT2D eigenvalue weighted by Gasteiger charge is 2.12. The minimum atomic E-state index is -0.571. The van der Waals surface area contributed by atoms with Crippen molar-refractivity contribution < 1.29 is 14.3 Å². The number of ether oxygens (including phenoxy) is 2. The minimum absolute atomic E-state index is 0.240. The van der Waals surface area contributed by atoms with E-state index in [9.17, 15) is 4.79 Å². The maximum atomic E-state index is 10.9. The van der Waals surface area contributed by atoms with Crippen molar-refractivity contribution in [2.45, 2.75) is 0 Å². The molecule has 0 aliphatic carbocycles. The van der Waals surface area contributed by atoms with Crippen LogP contribution in [0.3, 0.4) is 0 Å². The van der Waals surface area contributed by atoms with Gasteiger partial charge in [-0.25, -0.2) is 0 Å². The van der Waals surface area contributed by atoms with Crippen molar-refractivity contribution in [3.8, 4) is 11.5 Å². The molecule has 0 heterocycles. The summed E-state index contributed by atoms with van der Waals surface area (Å²) >= 11 is 9.42. The lowest BCUT2D eigenvalue weighted by atomic mass is 10.2. The van der Waals surface area contributed by atoms with Crippen LogP contribution in [0.25, 0.3) is 0 Å². The molecule has 0 aliphatic heterocycles. The van der Waals surface area contributed by atoms with Crippen LogP contribution in [0.2, 0.25) is 5.02 Å². The van der Waals surface area contributed by atoms with E-state index in [4.69, 9.17) is 26.8 Å². The van der Waals surface area contributed by atoms with Gasteiger partial charge in [-0.15, -0.1) is 0 Å². The van der Waals surface area contributed by atoms with Gasteiger partial charge in [-0.3, -0.25) is 10.2 Å². The topological polar surface area (TPSA) is 85.9 Å². The molecule has 126 valence electrons. The molecule has 6 nitrogen and oxygen atoms in total. The van der Waals surface area contributed by atoms with Crippen LogP contribution in [0.4, 0.5) is 5.69 Å². The average Bonchev–Trinajstić information content (AvgIpc) is 2.55. The Hall–Kier alpha value is -2.25. The predicted octanol–water partition coefficient (Wildman–Crippen LogP) is 3.42. The highest BCUT2D eigenvalue weighted by Crippen LogP contribution is 2.36. The standard InChI is InChI=1S/C16H15BrClN3O3/c1-23-14-7-10(6-11(17)16(14)24-9-15(19)22)8-20-21-13-5-3-2-4-12(13)18/h2-8,21H,9H2,1H3,(H2,19,22)/b20-8-. The third-order valence-corrected chi connectivity index (χ3v) is 3.80. The first-order chi connectivity index (χ1) is 11.5. The number of anilines is 1. The molecule has 0 saturated carbocycles. The third kappa shape index (κ3) is 4.87. The maximum absolute atomic E-state index is 10.9. The zero-order valence-corrected chi connectivity index (χ0v) is 15.1. The monoisotopic (exact) mass is 411 g/mol. The van der Waals surface area contributed by atoms with Crippen LogP contribution in [-0.2, 0) is 4.79 Å².